The molecular formula is C17H26NS+. The van der Waals surface area contributed by atoms with Gasteiger partial charge in [-0.2, -0.15) is 4.57 Å². The van der Waals surface area contributed by atoms with Gasteiger partial charge >= 0.3 is 0 Å². The zero-order valence-electron chi connectivity index (χ0n) is 13.1. The van der Waals surface area contributed by atoms with Gasteiger partial charge in [-0.05, 0) is 51.0 Å². The largest absolute Gasteiger partial charge is 0.217 e. The first kappa shape index (κ1) is 14.4. The standard InChI is InChI=1S/C17H26NS/c1-13-9-7-8-10-15(13)16-11-14(2)17(12-18(16)3)19(4,5)6/h8,10-12H,7,9H2,1-6H3/q+1. The van der Waals surface area contributed by atoms with Crippen molar-refractivity contribution in [3.63, 3.8) is 0 Å². The predicted octanol–water partition coefficient (Wildman–Crippen LogP) is 4.00. The van der Waals surface area contributed by atoms with Crippen LogP contribution in [-0.4, -0.2) is 18.8 Å². The Labute approximate surface area is 119 Å². The fourth-order valence-corrected chi connectivity index (χ4v) is 4.22. The zero-order valence-corrected chi connectivity index (χ0v) is 13.9. The van der Waals surface area contributed by atoms with Gasteiger partial charge in [0.2, 0.25) is 5.69 Å². The van der Waals surface area contributed by atoms with Crippen molar-refractivity contribution in [2.75, 3.05) is 18.8 Å². The molecule has 1 aromatic heterocycles. The van der Waals surface area contributed by atoms with Crippen LogP contribution < -0.4 is 4.57 Å². The van der Waals surface area contributed by atoms with Gasteiger partial charge in [0.15, 0.2) is 6.20 Å². The van der Waals surface area contributed by atoms with E-state index >= 15 is 0 Å². The van der Waals surface area contributed by atoms with Crippen LogP contribution in [0.3, 0.4) is 0 Å². The molecule has 1 nitrogen and oxygen atoms in total. The molecule has 0 spiro atoms. The normalized spacial score (nSPS) is 16.9. The van der Waals surface area contributed by atoms with Crippen molar-refractivity contribution < 1.29 is 4.57 Å². The van der Waals surface area contributed by atoms with E-state index in [0.29, 0.717) is 0 Å². The van der Waals surface area contributed by atoms with Crippen LogP contribution in [0, 0.1) is 6.92 Å². The lowest BCUT2D eigenvalue weighted by Gasteiger charge is -2.26. The van der Waals surface area contributed by atoms with E-state index in [0.717, 1.165) is 0 Å². The van der Waals surface area contributed by atoms with E-state index in [2.05, 4.69) is 68.6 Å². The molecule has 0 radical (unpaired) electrons. The fourth-order valence-electron chi connectivity index (χ4n) is 2.72. The van der Waals surface area contributed by atoms with Crippen molar-refractivity contribution in [2.24, 2.45) is 7.05 Å². The maximum atomic E-state index is 2.36. The third-order valence-electron chi connectivity index (χ3n) is 3.80. The quantitative estimate of drug-likeness (QED) is 0.719. The Morgan fingerprint density at radius 3 is 2.42 bits per heavy atom. The Bertz CT molecular complexity index is 559. The summed E-state index contributed by atoms with van der Waals surface area (Å²) in [7, 11) is 1.50. The fraction of sp³-hybridized carbons (Fsp3) is 0.471. The van der Waals surface area contributed by atoms with Crippen LogP contribution in [0.2, 0.25) is 0 Å². The van der Waals surface area contributed by atoms with E-state index in [-0.39, 0.29) is 0 Å². The van der Waals surface area contributed by atoms with Gasteiger partial charge in [0.1, 0.15) is 7.05 Å². The van der Waals surface area contributed by atoms with Gasteiger partial charge in [0.05, 0.1) is 4.90 Å². The molecular weight excluding hydrogens is 250 g/mol. The van der Waals surface area contributed by atoms with Gasteiger partial charge in [-0.25, -0.2) is 10.0 Å². The molecule has 0 saturated heterocycles. The Hall–Kier alpha value is -1.02. The van der Waals surface area contributed by atoms with Gasteiger partial charge in [-0.15, -0.1) is 0 Å². The molecule has 0 fully saturated rings. The molecule has 0 aliphatic heterocycles. The lowest BCUT2D eigenvalue weighted by Crippen LogP contribution is -2.34. The van der Waals surface area contributed by atoms with Crippen molar-refractivity contribution >= 4 is 15.6 Å². The van der Waals surface area contributed by atoms with E-state index in [1.165, 1.54) is 40.1 Å². The molecule has 104 valence electrons. The van der Waals surface area contributed by atoms with E-state index in [9.17, 15) is 0 Å². The molecule has 0 bridgehead atoms. The smallest absolute Gasteiger partial charge is 0.212 e. The summed E-state index contributed by atoms with van der Waals surface area (Å²) >= 11 is 0. The van der Waals surface area contributed by atoms with Gasteiger partial charge in [0.25, 0.3) is 0 Å². The number of aryl methyl sites for hydroxylation is 2. The van der Waals surface area contributed by atoms with Gasteiger partial charge in [-0.3, -0.25) is 0 Å². The van der Waals surface area contributed by atoms with Crippen LogP contribution in [0.1, 0.15) is 31.0 Å². The first-order valence-electron chi connectivity index (χ1n) is 6.86. The second-order valence-corrected chi connectivity index (χ2v) is 10.4. The van der Waals surface area contributed by atoms with Crippen LogP contribution in [0.5, 0.6) is 0 Å². The second-order valence-electron chi connectivity index (χ2n) is 6.29. The first-order valence-corrected chi connectivity index (χ1v) is 9.72. The van der Waals surface area contributed by atoms with Crippen LogP contribution in [-0.2, 0) is 7.05 Å². The molecule has 1 aromatic rings. The highest BCUT2D eigenvalue weighted by Gasteiger charge is 2.21. The van der Waals surface area contributed by atoms with Crippen LogP contribution in [0.15, 0.2) is 34.9 Å². The van der Waals surface area contributed by atoms with Crippen molar-refractivity contribution in [1.82, 2.24) is 0 Å². The van der Waals surface area contributed by atoms with Gasteiger partial charge in [-0.1, -0.05) is 17.7 Å². The van der Waals surface area contributed by atoms with Crippen molar-refractivity contribution in [1.29, 1.82) is 0 Å². The number of rotatable bonds is 2. The van der Waals surface area contributed by atoms with Gasteiger partial charge < -0.3 is 0 Å². The molecule has 0 unspecified atom stereocenters. The Balaban J connectivity index is 2.56. The Morgan fingerprint density at radius 2 is 1.84 bits per heavy atom. The molecule has 0 atom stereocenters. The molecule has 1 heterocycles. The number of hydrogen-bond donors (Lipinski definition) is 0. The summed E-state index contributed by atoms with van der Waals surface area (Å²) in [4.78, 5) is 1.51. The minimum atomic E-state index is -0.672. The molecule has 0 saturated carbocycles. The van der Waals surface area contributed by atoms with E-state index in [1.54, 1.807) is 0 Å². The third kappa shape index (κ3) is 2.94. The maximum Gasteiger partial charge on any atom is 0.212 e. The molecule has 1 aliphatic carbocycles. The maximum absolute atomic E-state index is 2.36. The SMILES string of the molecule is CC1=C(c2cc(C)c(S(C)(C)C)c[n+]2C)C=CCC1. The topological polar surface area (TPSA) is 3.88 Å². The predicted molar refractivity (Wildman–Crippen MR) is 87.0 cm³/mol. The molecule has 1 aliphatic rings. The first-order chi connectivity index (χ1) is 8.80. The van der Waals surface area contributed by atoms with Crippen LogP contribution in [0.4, 0.5) is 0 Å². The summed E-state index contributed by atoms with van der Waals surface area (Å²) in [5.41, 5.74) is 5.69. The number of hydrogen-bond acceptors (Lipinski definition) is 0. The number of aromatic nitrogens is 1. The highest BCUT2D eigenvalue weighted by molar-refractivity contribution is 8.32. The number of allylic oxidation sites excluding steroid dienone is 4. The van der Waals surface area contributed by atoms with Crippen molar-refractivity contribution in [2.45, 2.75) is 31.6 Å². The lowest BCUT2D eigenvalue weighted by molar-refractivity contribution is -0.675. The van der Waals surface area contributed by atoms with Gasteiger partial charge in [0, 0.05) is 11.6 Å². The van der Waals surface area contributed by atoms with E-state index < -0.39 is 10.0 Å². The minimum absolute atomic E-state index is 0.672. The monoisotopic (exact) mass is 276 g/mol. The average Bonchev–Trinajstić information content (AvgIpc) is 2.31. The molecule has 0 amide bonds. The number of pyridine rings is 1. The summed E-state index contributed by atoms with van der Waals surface area (Å²) in [5.74, 6) is 0. The van der Waals surface area contributed by atoms with Crippen molar-refractivity contribution in [3.05, 3.63) is 41.2 Å². The summed E-state index contributed by atoms with van der Waals surface area (Å²) in [6.45, 7) is 4.51. The summed E-state index contributed by atoms with van der Waals surface area (Å²) in [6, 6.07) is 2.36. The molecule has 0 N–H and O–H groups in total. The Kier molecular flexibility index (Phi) is 3.91. The molecule has 2 heteroatoms. The summed E-state index contributed by atoms with van der Waals surface area (Å²) in [6.07, 6.45) is 16.4. The highest BCUT2D eigenvalue weighted by atomic mass is 32.3. The average molecular weight is 276 g/mol. The summed E-state index contributed by atoms with van der Waals surface area (Å²) in [5, 5.41) is 0. The Morgan fingerprint density at radius 1 is 1.16 bits per heavy atom. The van der Waals surface area contributed by atoms with E-state index in [1.807, 2.05) is 0 Å². The molecule has 0 aromatic carbocycles. The summed E-state index contributed by atoms with van der Waals surface area (Å²) < 4.78 is 2.30. The van der Waals surface area contributed by atoms with Crippen LogP contribution >= 0.6 is 10.0 Å². The lowest BCUT2D eigenvalue weighted by atomic mass is 9.95. The van der Waals surface area contributed by atoms with Crippen molar-refractivity contribution in [3.8, 4) is 0 Å². The second kappa shape index (κ2) is 5.16. The zero-order chi connectivity index (χ0) is 14.2. The molecule has 19 heavy (non-hydrogen) atoms. The molecule has 2 rings (SSSR count). The van der Waals surface area contributed by atoms with E-state index in [4.69, 9.17) is 0 Å². The minimum Gasteiger partial charge on any atom is -0.217 e. The third-order valence-corrected chi connectivity index (χ3v) is 5.55. The van der Waals surface area contributed by atoms with Crippen LogP contribution in [0.25, 0.3) is 5.57 Å². The highest BCUT2D eigenvalue weighted by Crippen LogP contribution is 2.46. The number of nitrogens with zero attached hydrogens (tertiary/aromatic N) is 1.